The molecule has 0 aliphatic carbocycles. The zero-order valence-electron chi connectivity index (χ0n) is 9.68. The second-order valence-corrected chi connectivity index (χ2v) is 3.87. The third-order valence-electron chi connectivity index (χ3n) is 2.36. The number of rotatable bonds is 2. The van der Waals surface area contributed by atoms with E-state index in [-0.39, 0.29) is 5.82 Å². The van der Waals surface area contributed by atoms with E-state index >= 15 is 0 Å². The average molecular weight is 232 g/mol. The summed E-state index contributed by atoms with van der Waals surface area (Å²) in [6.07, 6.45) is 1.64. The normalized spacial score (nSPS) is 10.3. The van der Waals surface area contributed by atoms with Gasteiger partial charge in [0, 0.05) is 25.9 Å². The molecule has 4 nitrogen and oxygen atoms in total. The minimum atomic E-state index is -0.279. The van der Waals surface area contributed by atoms with Gasteiger partial charge in [0.25, 0.3) is 0 Å². The van der Waals surface area contributed by atoms with Gasteiger partial charge in [0.2, 0.25) is 5.95 Å². The first kappa shape index (κ1) is 11.3. The minimum Gasteiger partial charge on any atom is -0.383 e. The number of nitrogen functional groups attached to an aromatic ring is 1. The van der Waals surface area contributed by atoms with Crippen molar-refractivity contribution < 1.29 is 4.39 Å². The van der Waals surface area contributed by atoms with Crippen LogP contribution in [0.15, 0.2) is 30.5 Å². The fraction of sp³-hybridized carbons (Fsp3) is 0.167. The van der Waals surface area contributed by atoms with Gasteiger partial charge in [-0.05, 0) is 17.7 Å². The molecule has 0 saturated heterocycles. The second-order valence-electron chi connectivity index (χ2n) is 3.87. The SMILES string of the molecule is CN(C)c1ncc(-c2ccc(F)cc2)c(N)n1. The van der Waals surface area contributed by atoms with Crippen LogP contribution < -0.4 is 10.6 Å². The topological polar surface area (TPSA) is 55.0 Å². The van der Waals surface area contributed by atoms with Gasteiger partial charge in [-0.15, -0.1) is 0 Å². The van der Waals surface area contributed by atoms with E-state index in [0.717, 1.165) is 5.56 Å². The predicted octanol–water partition coefficient (Wildman–Crippen LogP) is 1.93. The quantitative estimate of drug-likeness (QED) is 0.859. The van der Waals surface area contributed by atoms with Crippen LogP contribution in [0.25, 0.3) is 11.1 Å². The number of anilines is 2. The van der Waals surface area contributed by atoms with Crippen molar-refractivity contribution in [1.29, 1.82) is 0 Å². The average Bonchev–Trinajstić information content (AvgIpc) is 2.30. The van der Waals surface area contributed by atoms with Gasteiger partial charge in [-0.2, -0.15) is 4.98 Å². The molecule has 1 heterocycles. The molecule has 0 bridgehead atoms. The van der Waals surface area contributed by atoms with E-state index in [4.69, 9.17) is 5.73 Å². The molecule has 2 aromatic rings. The molecule has 0 radical (unpaired) electrons. The molecule has 0 spiro atoms. The van der Waals surface area contributed by atoms with Gasteiger partial charge < -0.3 is 10.6 Å². The Labute approximate surface area is 98.9 Å². The summed E-state index contributed by atoms with van der Waals surface area (Å²) < 4.78 is 12.8. The van der Waals surface area contributed by atoms with Crippen molar-refractivity contribution in [1.82, 2.24) is 9.97 Å². The van der Waals surface area contributed by atoms with Crippen molar-refractivity contribution in [2.24, 2.45) is 0 Å². The lowest BCUT2D eigenvalue weighted by Gasteiger charge is -2.12. The van der Waals surface area contributed by atoms with Gasteiger partial charge in [0.1, 0.15) is 11.6 Å². The molecule has 1 aromatic carbocycles. The molecular weight excluding hydrogens is 219 g/mol. The zero-order chi connectivity index (χ0) is 12.4. The molecule has 1 aromatic heterocycles. The maximum Gasteiger partial charge on any atom is 0.226 e. The number of hydrogen-bond donors (Lipinski definition) is 1. The number of hydrogen-bond acceptors (Lipinski definition) is 4. The Morgan fingerprint density at radius 3 is 2.35 bits per heavy atom. The first-order chi connectivity index (χ1) is 8.08. The number of nitrogens with two attached hydrogens (primary N) is 1. The molecule has 0 saturated carbocycles. The number of nitrogens with zero attached hydrogens (tertiary/aromatic N) is 3. The predicted molar refractivity (Wildman–Crippen MR) is 66.2 cm³/mol. The van der Waals surface area contributed by atoms with Gasteiger partial charge in [0.05, 0.1) is 0 Å². The number of benzene rings is 1. The van der Waals surface area contributed by atoms with Crippen molar-refractivity contribution in [3.8, 4) is 11.1 Å². The Morgan fingerprint density at radius 2 is 1.82 bits per heavy atom. The highest BCUT2D eigenvalue weighted by molar-refractivity contribution is 5.73. The zero-order valence-corrected chi connectivity index (χ0v) is 9.68. The largest absolute Gasteiger partial charge is 0.383 e. The summed E-state index contributed by atoms with van der Waals surface area (Å²) in [7, 11) is 3.68. The Kier molecular flexibility index (Phi) is 2.91. The molecule has 2 N–H and O–H groups in total. The smallest absolute Gasteiger partial charge is 0.226 e. The Bertz CT molecular complexity index is 523. The monoisotopic (exact) mass is 232 g/mol. The number of halogens is 1. The maximum atomic E-state index is 12.8. The van der Waals surface area contributed by atoms with Crippen LogP contribution >= 0.6 is 0 Å². The van der Waals surface area contributed by atoms with E-state index in [9.17, 15) is 4.39 Å². The van der Waals surface area contributed by atoms with Crippen LogP contribution in [0.3, 0.4) is 0 Å². The summed E-state index contributed by atoms with van der Waals surface area (Å²) >= 11 is 0. The minimum absolute atomic E-state index is 0.279. The summed E-state index contributed by atoms with van der Waals surface area (Å²) in [5, 5.41) is 0. The highest BCUT2D eigenvalue weighted by atomic mass is 19.1. The molecular formula is C12H13FN4. The molecule has 5 heteroatoms. The molecule has 2 rings (SSSR count). The van der Waals surface area contributed by atoms with Gasteiger partial charge in [-0.25, -0.2) is 9.37 Å². The fourth-order valence-electron chi connectivity index (χ4n) is 1.45. The molecule has 88 valence electrons. The Balaban J connectivity index is 2.43. The first-order valence-electron chi connectivity index (χ1n) is 5.13. The first-order valence-corrected chi connectivity index (χ1v) is 5.13. The van der Waals surface area contributed by atoms with Gasteiger partial charge in [-0.1, -0.05) is 12.1 Å². The summed E-state index contributed by atoms with van der Waals surface area (Å²) in [6, 6.07) is 6.07. The molecule has 17 heavy (non-hydrogen) atoms. The van der Waals surface area contributed by atoms with Crippen molar-refractivity contribution in [3.63, 3.8) is 0 Å². The molecule has 0 fully saturated rings. The van der Waals surface area contributed by atoms with E-state index < -0.39 is 0 Å². The third kappa shape index (κ3) is 2.33. The summed E-state index contributed by atoms with van der Waals surface area (Å²) in [6.45, 7) is 0. The Hall–Kier alpha value is -2.17. The van der Waals surface area contributed by atoms with Crippen LogP contribution in [0.2, 0.25) is 0 Å². The van der Waals surface area contributed by atoms with E-state index in [1.807, 2.05) is 14.1 Å². The van der Waals surface area contributed by atoms with Gasteiger partial charge in [0.15, 0.2) is 0 Å². The maximum absolute atomic E-state index is 12.8. The molecule has 0 atom stereocenters. The van der Waals surface area contributed by atoms with Crippen LogP contribution in [0.1, 0.15) is 0 Å². The van der Waals surface area contributed by atoms with Crippen molar-refractivity contribution in [2.75, 3.05) is 24.7 Å². The highest BCUT2D eigenvalue weighted by Gasteiger charge is 2.07. The van der Waals surface area contributed by atoms with Crippen LogP contribution in [0.4, 0.5) is 16.2 Å². The van der Waals surface area contributed by atoms with E-state index in [2.05, 4.69) is 9.97 Å². The second kappa shape index (κ2) is 4.37. The van der Waals surface area contributed by atoms with Crippen molar-refractivity contribution in [3.05, 3.63) is 36.3 Å². The summed E-state index contributed by atoms with van der Waals surface area (Å²) in [5.41, 5.74) is 7.36. The summed E-state index contributed by atoms with van der Waals surface area (Å²) in [5.74, 6) is 0.654. The Morgan fingerprint density at radius 1 is 1.18 bits per heavy atom. The lowest BCUT2D eigenvalue weighted by atomic mass is 10.1. The van der Waals surface area contributed by atoms with Crippen molar-refractivity contribution >= 4 is 11.8 Å². The molecule has 0 aliphatic rings. The van der Waals surface area contributed by atoms with Crippen LogP contribution in [-0.4, -0.2) is 24.1 Å². The lowest BCUT2D eigenvalue weighted by molar-refractivity contribution is 0.628. The number of aromatic nitrogens is 2. The van der Waals surface area contributed by atoms with E-state index in [0.29, 0.717) is 17.3 Å². The van der Waals surface area contributed by atoms with Crippen LogP contribution in [0, 0.1) is 5.82 Å². The van der Waals surface area contributed by atoms with Gasteiger partial charge in [-0.3, -0.25) is 0 Å². The van der Waals surface area contributed by atoms with E-state index in [1.54, 1.807) is 23.2 Å². The molecule has 0 unspecified atom stereocenters. The highest BCUT2D eigenvalue weighted by Crippen LogP contribution is 2.24. The van der Waals surface area contributed by atoms with Crippen molar-refractivity contribution in [2.45, 2.75) is 0 Å². The molecule has 0 amide bonds. The molecule has 0 aliphatic heterocycles. The van der Waals surface area contributed by atoms with E-state index in [1.165, 1.54) is 12.1 Å². The van der Waals surface area contributed by atoms with Gasteiger partial charge >= 0.3 is 0 Å². The fourth-order valence-corrected chi connectivity index (χ4v) is 1.45. The summed E-state index contributed by atoms with van der Waals surface area (Å²) in [4.78, 5) is 10.1. The van der Waals surface area contributed by atoms with Crippen LogP contribution in [0.5, 0.6) is 0 Å². The standard InChI is InChI=1S/C12H13FN4/c1-17(2)12-15-7-10(11(14)16-12)8-3-5-9(13)6-4-8/h3-7H,1-2H3,(H2,14,15,16). The van der Waals surface area contributed by atoms with Crippen LogP contribution in [-0.2, 0) is 0 Å². The third-order valence-corrected chi connectivity index (χ3v) is 2.36. The lowest BCUT2D eigenvalue weighted by Crippen LogP contribution is -2.13.